The molecule has 1 aliphatic carbocycles. The van der Waals surface area contributed by atoms with Gasteiger partial charge in [-0.2, -0.15) is 0 Å². The van der Waals surface area contributed by atoms with Crippen molar-refractivity contribution in [2.75, 3.05) is 26.2 Å². The smallest absolute Gasteiger partial charge is 0.233 e. The normalized spacial score (nSPS) is 22.0. The van der Waals surface area contributed by atoms with Crippen molar-refractivity contribution in [3.63, 3.8) is 0 Å². The SMILES string of the molecule is Cc1ccccc1C1(C(=O)N2CCNCC2)CCCCC1. The van der Waals surface area contributed by atoms with Crippen LogP contribution in [0, 0.1) is 6.92 Å². The first-order chi connectivity index (χ1) is 10.2. The summed E-state index contributed by atoms with van der Waals surface area (Å²) in [5.41, 5.74) is 2.28. The summed E-state index contributed by atoms with van der Waals surface area (Å²) in [6.45, 7) is 5.71. The summed E-state index contributed by atoms with van der Waals surface area (Å²) in [6, 6.07) is 8.49. The lowest BCUT2D eigenvalue weighted by atomic mass is 9.67. The molecule has 1 amide bonds. The van der Waals surface area contributed by atoms with Crippen molar-refractivity contribution in [2.45, 2.75) is 44.4 Å². The van der Waals surface area contributed by atoms with Crippen molar-refractivity contribution in [1.29, 1.82) is 0 Å². The Kier molecular flexibility index (Phi) is 4.29. The van der Waals surface area contributed by atoms with Crippen LogP contribution in [0.15, 0.2) is 24.3 Å². The van der Waals surface area contributed by atoms with Crippen LogP contribution in [0.1, 0.15) is 43.2 Å². The van der Waals surface area contributed by atoms with Crippen LogP contribution in [0.3, 0.4) is 0 Å². The van der Waals surface area contributed by atoms with Crippen LogP contribution in [0.4, 0.5) is 0 Å². The third-order valence-corrected chi connectivity index (χ3v) is 5.18. The molecule has 1 aromatic carbocycles. The molecule has 1 aromatic rings. The number of aryl methyl sites for hydroxylation is 1. The molecule has 3 heteroatoms. The van der Waals surface area contributed by atoms with Crippen LogP contribution < -0.4 is 5.32 Å². The molecule has 1 saturated carbocycles. The number of carbonyl (C=O) groups is 1. The van der Waals surface area contributed by atoms with Crippen LogP contribution >= 0.6 is 0 Å². The summed E-state index contributed by atoms with van der Waals surface area (Å²) in [7, 11) is 0. The molecule has 0 radical (unpaired) electrons. The number of nitrogens with one attached hydrogen (secondary N) is 1. The Labute approximate surface area is 127 Å². The van der Waals surface area contributed by atoms with Crippen LogP contribution in [-0.4, -0.2) is 37.0 Å². The van der Waals surface area contributed by atoms with E-state index >= 15 is 0 Å². The Morgan fingerprint density at radius 2 is 1.76 bits per heavy atom. The topological polar surface area (TPSA) is 32.3 Å². The predicted octanol–water partition coefficient (Wildman–Crippen LogP) is 2.63. The van der Waals surface area contributed by atoms with Gasteiger partial charge in [0.1, 0.15) is 0 Å². The molecule has 3 nitrogen and oxygen atoms in total. The van der Waals surface area contributed by atoms with Crippen molar-refractivity contribution >= 4 is 5.91 Å². The Bertz CT molecular complexity index is 500. The Morgan fingerprint density at radius 1 is 1.10 bits per heavy atom. The summed E-state index contributed by atoms with van der Waals surface area (Å²) in [5, 5.41) is 3.34. The van der Waals surface area contributed by atoms with E-state index < -0.39 is 0 Å². The first-order valence-corrected chi connectivity index (χ1v) is 8.30. The van der Waals surface area contributed by atoms with Gasteiger partial charge in [0.15, 0.2) is 0 Å². The second-order valence-corrected chi connectivity index (χ2v) is 6.50. The Balaban J connectivity index is 1.96. The zero-order chi connectivity index (χ0) is 14.7. The molecule has 1 N–H and O–H groups in total. The van der Waals surface area contributed by atoms with Gasteiger partial charge in [0, 0.05) is 26.2 Å². The monoisotopic (exact) mass is 286 g/mol. The molecule has 1 saturated heterocycles. The van der Waals surface area contributed by atoms with Gasteiger partial charge in [0.2, 0.25) is 5.91 Å². The average Bonchev–Trinajstić information content (AvgIpc) is 2.56. The van der Waals surface area contributed by atoms with Crippen molar-refractivity contribution in [2.24, 2.45) is 0 Å². The maximum Gasteiger partial charge on any atom is 0.233 e. The highest BCUT2D eigenvalue weighted by Crippen LogP contribution is 2.42. The molecule has 0 bridgehead atoms. The summed E-state index contributed by atoms with van der Waals surface area (Å²) < 4.78 is 0. The van der Waals surface area contributed by atoms with Gasteiger partial charge in [0.25, 0.3) is 0 Å². The van der Waals surface area contributed by atoms with E-state index in [0.717, 1.165) is 39.0 Å². The molecule has 3 rings (SSSR count). The Morgan fingerprint density at radius 3 is 2.43 bits per heavy atom. The third-order valence-electron chi connectivity index (χ3n) is 5.18. The van der Waals surface area contributed by atoms with Crippen LogP contribution in [0.5, 0.6) is 0 Å². The van der Waals surface area contributed by atoms with E-state index in [0.29, 0.717) is 5.91 Å². The minimum absolute atomic E-state index is 0.263. The lowest BCUT2D eigenvalue weighted by Gasteiger charge is -2.42. The maximum atomic E-state index is 13.3. The summed E-state index contributed by atoms with van der Waals surface area (Å²) in [5.74, 6) is 0.373. The van der Waals surface area contributed by atoms with E-state index in [4.69, 9.17) is 0 Å². The van der Waals surface area contributed by atoms with Crippen molar-refractivity contribution < 1.29 is 4.79 Å². The van der Waals surface area contributed by atoms with E-state index in [1.165, 1.54) is 30.4 Å². The highest BCUT2D eigenvalue weighted by molar-refractivity contribution is 5.89. The van der Waals surface area contributed by atoms with E-state index in [9.17, 15) is 4.79 Å². The van der Waals surface area contributed by atoms with E-state index in [1.807, 2.05) is 0 Å². The molecule has 21 heavy (non-hydrogen) atoms. The molecular formula is C18H26N2O. The molecule has 0 unspecified atom stereocenters. The predicted molar refractivity (Wildman–Crippen MR) is 85.4 cm³/mol. The molecule has 2 aliphatic rings. The molecule has 1 aliphatic heterocycles. The highest BCUT2D eigenvalue weighted by atomic mass is 16.2. The second-order valence-electron chi connectivity index (χ2n) is 6.50. The first kappa shape index (κ1) is 14.6. The van der Waals surface area contributed by atoms with Gasteiger partial charge in [-0.1, -0.05) is 43.5 Å². The zero-order valence-corrected chi connectivity index (χ0v) is 13.0. The first-order valence-electron chi connectivity index (χ1n) is 8.30. The standard InChI is InChI=1S/C18H26N2O/c1-15-7-3-4-8-16(15)18(9-5-2-6-10-18)17(21)20-13-11-19-12-14-20/h3-4,7-8,19H,2,5-6,9-14H2,1H3. The lowest BCUT2D eigenvalue weighted by Crippen LogP contribution is -2.54. The summed E-state index contributed by atoms with van der Waals surface area (Å²) >= 11 is 0. The number of benzene rings is 1. The van der Waals surface area contributed by atoms with Crippen molar-refractivity contribution in [1.82, 2.24) is 10.2 Å². The molecule has 0 spiro atoms. The largest absolute Gasteiger partial charge is 0.339 e. The average molecular weight is 286 g/mol. The Hall–Kier alpha value is -1.35. The van der Waals surface area contributed by atoms with Crippen molar-refractivity contribution in [3.05, 3.63) is 35.4 Å². The number of piperazine rings is 1. The number of amides is 1. The number of carbonyl (C=O) groups excluding carboxylic acids is 1. The number of hydrogen-bond donors (Lipinski definition) is 1. The van der Waals surface area contributed by atoms with Gasteiger partial charge in [-0.25, -0.2) is 0 Å². The maximum absolute atomic E-state index is 13.3. The van der Waals surface area contributed by atoms with Gasteiger partial charge in [-0.05, 0) is 30.9 Å². The molecule has 1 heterocycles. The molecule has 0 aromatic heterocycles. The molecule has 2 fully saturated rings. The molecule has 114 valence electrons. The van der Waals surface area contributed by atoms with Crippen LogP contribution in [0.2, 0.25) is 0 Å². The van der Waals surface area contributed by atoms with E-state index in [1.54, 1.807) is 0 Å². The fourth-order valence-electron chi connectivity index (χ4n) is 4.03. The fraction of sp³-hybridized carbons (Fsp3) is 0.611. The molecular weight excluding hydrogens is 260 g/mol. The quantitative estimate of drug-likeness (QED) is 0.906. The minimum atomic E-state index is -0.263. The highest BCUT2D eigenvalue weighted by Gasteiger charge is 2.44. The van der Waals surface area contributed by atoms with Gasteiger partial charge in [-0.3, -0.25) is 4.79 Å². The van der Waals surface area contributed by atoms with Crippen LogP contribution in [0.25, 0.3) is 0 Å². The van der Waals surface area contributed by atoms with Gasteiger partial charge in [-0.15, -0.1) is 0 Å². The summed E-state index contributed by atoms with van der Waals surface area (Å²) in [6.07, 6.45) is 5.64. The minimum Gasteiger partial charge on any atom is -0.339 e. The third kappa shape index (κ3) is 2.71. The van der Waals surface area contributed by atoms with Gasteiger partial charge in [0.05, 0.1) is 5.41 Å². The number of nitrogens with zero attached hydrogens (tertiary/aromatic N) is 1. The van der Waals surface area contributed by atoms with Crippen molar-refractivity contribution in [3.8, 4) is 0 Å². The van der Waals surface area contributed by atoms with Crippen LogP contribution in [-0.2, 0) is 10.2 Å². The summed E-state index contributed by atoms with van der Waals surface area (Å²) in [4.78, 5) is 15.4. The van der Waals surface area contributed by atoms with E-state index in [2.05, 4.69) is 41.4 Å². The fourth-order valence-corrected chi connectivity index (χ4v) is 4.03. The number of hydrogen-bond acceptors (Lipinski definition) is 2. The van der Waals surface area contributed by atoms with Gasteiger partial charge < -0.3 is 10.2 Å². The van der Waals surface area contributed by atoms with E-state index in [-0.39, 0.29) is 5.41 Å². The second kappa shape index (κ2) is 6.18. The molecule has 0 atom stereocenters. The zero-order valence-electron chi connectivity index (χ0n) is 13.0. The van der Waals surface area contributed by atoms with Gasteiger partial charge >= 0.3 is 0 Å². The number of rotatable bonds is 2. The lowest BCUT2D eigenvalue weighted by molar-refractivity contribution is -0.139.